The van der Waals surface area contributed by atoms with Gasteiger partial charge in [0.15, 0.2) is 0 Å². The van der Waals surface area contributed by atoms with Gasteiger partial charge in [-0.2, -0.15) is 0 Å². The molecule has 0 fully saturated rings. The van der Waals surface area contributed by atoms with Crippen LogP contribution in [-0.2, 0) is 10.1 Å². The zero-order chi connectivity index (χ0) is 13.3. The van der Waals surface area contributed by atoms with Crippen LogP contribution in [0.25, 0.3) is 11.0 Å². The van der Waals surface area contributed by atoms with Crippen molar-refractivity contribution < 1.29 is 46.9 Å². The Morgan fingerprint density at radius 2 is 2.00 bits per heavy atom. The van der Waals surface area contributed by atoms with Gasteiger partial charge < -0.3 is 14.3 Å². The maximum Gasteiger partial charge on any atom is 1.00 e. The summed E-state index contributed by atoms with van der Waals surface area (Å²) in [5, 5.41) is 3.21. The molecule has 0 saturated carbocycles. The van der Waals surface area contributed by atoms with Gasteiger partial charge >= 0.3 is 35.2 Å². The minimum Gasteiger partial charge on any atom is -0.747 e. The first-order valence-electron chi connectivity index (χ1n) is 5.07. The van der Waals surface area contributed by atoms with E-state index in [0.717, 1.165) is 10.9 Å². The summed E-state index contributed by atoms with van der Waals surface area (Å²) in [5.74, 6) is -0.714. The van der Waals surface area contributed by atoms with Crippen LogP contribution in [0.1, 0.15) is 5.56 Å². The van der Waals surface area contributed by atoms with Gasteiger partial charge in [-0.05, 0) is 24.6 Å². The number of rotatable bonds is 3. The standard InChI is InChI=1S/C11H11NO5S.Na/c1-7-4-11(13)17-10-5-8(2-3-9(7)10)12-6-18(14,15)16;/h2-5,12H,6H2,1H3,(H,14,15,16);/q;+1/p-1. The minimum absolute atomic E-state index is 0. The molecule has 0 radical (unpaired) electrons. The molecule has 0 amide bonds. The number of hydrogen-bond donors (Lipinski definition) is 1. The third-order valence-corrected chi connectivity index (χ3v) is 2.90. The first-order valence-corrected chi connectivity index (χ1v) is 6.65. The van der Waals surface area contributed by atoms with Crippen molar-refractivity contribution in [2.75, 3.05) is 11.2 Å². The second kappa shape index (κ2) is 6.06. The molecule has 0 spiro atoms. The van der Waals surface area contributed by atoms with Crippen molar-refractivity contribution in [3.8, 4) is 0 Å². The van der Waals surface area contributed by atoms with Crippen molar-refractivity contribution in [2.45, 2.75) is 6.92 Å². The number of nitrogens with one attached hydrogen (secondary N) is 1. The molecular formula is C11H10NNaO5S. The van der Waals surface area contributed by atoms with E-state index < -0.39 is 21.6 Å². The molecule has 0 aliphatic carbocycles. The topological polar surface area (TPSA) is 99.4 Å². The van der Waals surface area contributed by atoms with Crippen molar-refractivity contribution in [3.63, 3.8) is 0 Å². The molecule has 8 heteroatoms. The van der Waals surface area contributed by atoms with Crippen LogP contribution in [0.15, 0.2) is 33.5 Å². The largest absolute Gasteiger partial charge is 1.00 e. The Morgan fingerprint density at radius 1 is 1.32 bits per heavy atom. The summed E-state index contributed by atoms with van der Waals surface area (Å²) in [6, 6.07) is 6.15. The third kappa shape index (κ3) is 4.32. The zero-order valence-electron chi connectivity index (χ0n) is 10.5. The number of benzene rings is 1. The van der Waals surface area contributed by atoms with Gasteiger partial charge in [0.2, 0.25) is 0 Å². The van der Waals surface area contributed by atoms with Crippen molar-refractivity contribution >= 4 is 26.8 Å². The molecule has 96 valence electrons. The minimum atomic E-state index is -4.35. The van der Waals surface area contributed by atoms with Gasteiger partial charge in [0, 0.05) is 23.2 Å². The van der Waals surface area contributed by atoms with E-state index in [1.165, 1.54) is 12.1 Å². The Morgan fingerprint density at radius 3 is 2.63 bits per heavy atom. The predicted octanol–water partition coefficient (Wildman–Crippen LogP) is -1.98. The molecule has 0 bridgehead atoms. The fraction of sp³-hybridized carbons (Fsp3) is 0.182. The normalized spacial score (nSPS) is 11.1. The summed E-state index contributed by atoms with van der Waals surface area (Å²) >= 11 is 0. The molecule has 1 aromatic heterocycles. The van der Waals surface area contributed by atoms with Crippen molar-refractivity contribution in [1.29, 1.82) is 0 Å². The Hall–Kier alpha value is -0.860. The molecule has 1 N–H and O–H groups in total. The van der Waals surface area contributed by atoms with E-state index in [1.54, 1.807) is 19.1 Å². The molecule has 0 aliphatic heterocycles. The summed E-state index contributed by atoms with van der Waals surface area (Å²) < 4.78 is 36.4. The molecule has 1 heterocycles. The average molecular weight is 291 g/mol. The van der Waals surface area contributed by atoms with Crippen LogP contribution in [0.2, 0.25) is 0 Å². The smallest absolute Gasteiger partial charge is 0.747 e. The zero-order valence-corrected chi connectivity index (χ0v) is 13.3. The maximum atomic E-state index is 11.2. The van der Waals surface area contributed by atoms with E-state index >= 15 is 0 Å². The van der Waals surface area contributed by atoms with Crippen LogP contribution in [0, 0.1) is 6.92 Å². The Balaban J connectivity index is 0.00000180. The fourth-order valence-corrected chi connectivity index (χ4v) is 1.95. The van der Waals surface area contributed by atoms with Crippen LogP contribution in [0.4, 0.5) is 5.69 Å². The first kappa shape index (κ1) is 16.2. The SMILES string of the molecule is Cc1cc(=O)oc2cc(NCS(=O)(=O)[O-])ccc12.[Na+]. The second-order valence-corrected chi connectivity index (χ2v) is 5.24. The molecular weight excluding hydrogens is 281 g/mol. The van der Waals surface area contributed by atoms with Crippen LogP contribution in [-0.4, -0.2) is 18.8 Å². The van der Waals surface area contributed by atoms with Crippen LogP contribution >= 0.6 is 0 Å². The molecule has 1 aromatic carbocycles. The number of fused-ring (bicyclic) bond motifs is 1. The predicted molar refractivity (Wildman–Crippen MR) is 65.4 cm³/mol. The maximum absolute atomic E-state index is 11.2. The van der Waals surface area contributed by atoms with Crippen LogP contribution < -0.4 is 40.5 Å². The summed E-state index contributed by atoms with van der Waals surface area (Å²) in [6.45, 7) is 1.77. The van der Waals surface area contributed by atoms with E-state index in [0.29, 0.717) is 11.3 Å². The van der Waals surface area contributed by atoms with Crippen LogP contribution in [0.3, 0.4) is 0 Å². The van der Waals surface area contributed by atoms with E-state index in [1.807, 2.05) is 0 Å². The van der Waals surface area contributed by atoms with Gasteiger partial charge in [-0.15, -0.1) is 0 Å². The van der Waals surface area contributed by atoms with Gasteiger partial charge in [0.1, 0.15) is 21.6 Å². The summed E-state index contributed by atoms with van der Waals surface area (Å²) in [5.41, 5.74) is 1.03. The molecule has 2 aromatic rings. The molecule has 2 rings (SSSR count). The van der Waals surface area contributed by atoms with Gasteiger partial charge in [0.05, 0.1) is 0 Å². The second-order valence-electron chi connectivity index (χ2n) is 3.84. The quantitative estimate of drug-likeness (QED) is 0.400. The number of anilines is 1. The average Bonchev–Trinajstić information content (AvgIpc) is 2.24. The van der Waals surface area contributed by atoms with E-state index in [4.69, 9.17) is 4.42 Å². The number of aryl methyl sites for hydroxylation is 1. The Bertz CT molecular complexity index is 753. The molecule has 0 aliphatic rings. The monoisotopic (exact) mass is 291 g/mol. The van der Waals surface area contributed by atoms with Crippen molar-refractivity contribution in [1.82, 2.24) is 0 Å². The summed E-state index contributed by atoms with van der Waals surface area (Å²) in [7, 11) is -4.35. The summed E-state index contributed by atoms with van der Waals surface area (Å²) in [4.78, 5) is 11.2. The van der Waals surface area contributed by atoms with E-state index in [-0.39, 0.29) is 29.6 Å². The molecule has 19 heavy (non-hydrogen) atoms. The van der Waals surface area contributed by atoms with Gasteiger partial charge in [0.25, 0.3) is 0 Å². The van der Waals surface area contributed by atoms with Gasteiger partial charge in [-0.1, -0.05) is 0 Å². The molecule has 0 atom stereocenters. The Kier molecular flexibility index (Phi) is 5.17. The number of hydrogen-bond acceptors (Lipinski definition) is 6. The van der Waals surface area contributed by atoms with E-state index in [9.17, 15) is 17.8 Å². The van der Waals surface area contributed by atoms with Crippen LogP contribution in [0.5, 0.6) is 0 Å². The van der Waals surface area contributed by atoms with Gasteiger partial charge in [-0.25, -0.2) is 13.2 Å². The Labute approximate surface area is 131 Å². The van der Waals surface area contributed by atoms with Gasteiger partial charge in [-0.3, -0.25) is 0 Å². The van der Waals surface area contributed by atoms with Crippen molar-refractivity contribution in [3.05, 3.63) is 40.2 Å². The molecule has 0 unspecified atom stereocenters. The van der Waals surface area contributed by atoms with Crippen molar-refractivity contribution in [2.24, 2.45) is 0 Å². The third-order valence-electron chi connectivity index (χ3n) is 2.40. The summed E-state index contributed by atoms with van der Waals surface area (Å²) in [6.07, 6.45) is 0. The fourth-order valence-electron chi connectivity index (χ4n) is 1.61. The molecule has 6 nitrogen and oxygen atoms in total. The van der Waals surface area contributed by atoms with E-state index in [2.05, 4.69) is 5.32 Å². The first-order chi connectivity index (χ1) is 8.35. The molecule has 0 saturated heterocycles.